The van der Waals surface area contributed by atoms with Crippen LogP contribution in [0.4, 0.5) is 18.9 Å². The van der Waals surface area contributed by atoms with Gasteiger partial charge in [-0.25, -0.2) is 4.98 Å². The number of aromatic nitrogens is 1. The zero-order valence-corrected chi connectivity index (χ0v) is 25.8. The number of ether oxygens (including phenoxy) is 2. The number of primary amides is 1. The second-order valence-electron chi connectivity index (χ2n) is 12.6. The van der Waals surface area contributed by atoms with Crippen molar-refractivity contribution in [3.05, 3.63) is 70.4 Å². The number of amides is 2. The van der Waals surface area contributed by atoms with Gasteiger partial charge in [-0.05, 0) is 68.9 Å². The molecule has 3 aromatic rings. The summed E-state index contributed by atoms with van der Waals surface area (Å²) in [7, 11) is 1.44. The first-order valence-electron chi connectivity index (χ1n) is 15.2. The molecule has 2 amide bonds. The maximum absolute atomic E-state index is 13.6. The molecule has 47 heavy (non-hydrogen) atoms. The van der Waals surface area contributed by atoms with Crippen molar-refractivity contribution in [2.75, 3.05) is 26.0 Å². The van der Waals surface area contributed by atoms with Crippen LogP contribution in [0.15, 0.2) is 47.5 Å². The molecule has 0 spiro atoms. The lowest BCUT2D eigenvalue weighted by Crippen LogP contribution is -2.45. The largest absolute Gasteiger partial charge is 0.495 e. The number of aliphatic imine (C=N–C) groups is 1. The molecule has 0 radical (unpaired) electrons. The normalized spacial score (nSPS) is 20.3. The standard InChI is InChI=1S/C34H34F3N5O5/c1-32(31(39)45)17-47-29-24(32)13-26(42-28(29)18-3-5-22(6-4-18)34(35,36)37)33(16-43,21-7-8-21)15-41-30(44)19-11-20(14-40-23-9-10-23)27(38)25(12-19)46-2/h3-6,11-14,16,21,23H,7-10,15,17,38H2,1-2H3,(H2,39,45)(H,41,44)/t32-,33+/m0/s1. The molecule has 2 heterocycles. The van der Waals surface area contributed by atoms with Gasteiger partial charge < -0.3 is 31.1 Å². The summed E-state index contributed by atoms with van der Waals surface area (Å²) in [6.45, 7) is 1.34. The number of alkyl halides is 3. The van der Waals surface area contributed by atoms with Crippen molar-refractivity contribution in [3.8, 4) is 22.8 Å². The van der Waals surface area contributed by atoms with E-state index in [1.54, 1.807) is 25.3 Å². The molecule has 2 saturated carbocycles. The predicted molar refractivity (Wildman–Crippen MR) is 168 cm³/mol. The molecular formula is C34H34F3N5O5. The van der Waals surface area contributed by atoms with Crippen molar-refractivity contribution in [2.24, 2.45) is 16.6 Å². The molecular weight excluding hydrogens is 615 g/mol. The van der Waals surface area contributed by atoms with Gasteiger partial charge in [-0.3, -0.25) is 14.6 Å². The van der Waals surface area contributed by atoms with E-state index in [-0.39, 0.29) is 47.8 Å². The molecule has 246 valence electrons. The zero-order chi connectivity index (χ0) is 33.7. The van der Waals surface area contributed by atoms with Crippen LogP contribution in [0.1, 0.15) is 65.3 Å². The summed E-state index contributed by atoms with van der Waals surface area (Å²) >= 11 is 0. The summed E-state index contributed by atoms with van der Waals surface area (Å²) in [5.74, 6) is -0.877. The molecule has 5 N–H and O–H groups in total. The Labute approximate surface area is 268 Å². The van der Waals surface area contributed by atoms with E-state index in [1.807, 2.05) is 0 Å². The Kier molecular flexibility index (Phi) is 7.97. The van der Waals surface area contributed by atoms with E-state index in [0.29, 0.717) is 41.0 Å². The molecule has 1 aliphatic heterocycles. The van der Waals surface area contributed by atoms with Crippen molar-refractivity contribution >= 4 is 30.0 Å². The van der Waals surface area contributed by atoms with Gasteiger partial charge in [-0.1, -0.05) is 12.1 Å². The van der Waals surface area contributed by atoms with Crippen molar-refractivity contribution < 1.29 is 37.0 Å². The first kappa shape index (κ1) is 32.0. The monoisotopic (exact) mass is 649 g/mol. The lowest BCUT2D eigenvalue weighted by atomic mass is 9.76. The number of pyridine rings is 1. The molecule has 2 aliphatic carbocycles. The summed E-state index contributed by atoms with van der Waals surface area (Å²) < 4.78 is 51.3. The third-order valence-electron chi connectivity index (χ3n) is 9.26. The Bertz CT molecular complexity index is 1790. The molecule has 0 saturated heterocycles. The number of carbonyl (C=O) groups excluding carboxylic acids is 3. The molecule has 10 nitrogen and oxygen atoms in total. The summed E-state index contributed by atoms with van der Waals surface area (Å²) in [5, 5.41) is 2.88. The number of rotatable bonds is 11. The Hall–Kier alpha value is -4.94. The minimum absolute atomic E-state index is 0.115. The van der Waals surface area contributed by atoms with Crippen LogP contribution in [-0.2, 0) is 26.6 Å². The number of aldehydes is 1. The Morgan fingerprint density at radius 3 is 2.43 bits per heavy atom. The number of carbonyl (C=O) groups is 3. The van der Waals surface area contributed by atoms with E-state index in [0.717, 1.165) is 31.3 Å². The highest BCUT2D eigenvalue weighted by molar-refractivity contribution is 6.00. The molecule has 13 heteroatoms. The number of benzene rings is 2. The summed E-state index contributed by atoms with van der Waals surface area (Å²) in [6.07, 6.45) is 1.14. The van der Waals surface area contributed by atoms with Gasteiger partial charge >= 0.3 is 6.18 Å². The third kappa shape index (κ3) is 5.90. The van der Waals surface area contributed by atoms with E-state index in [9.17, 15) is 27.6 Å². The number of halogens is 3. The number of nitrogens with two attached hydrogens (primary N) is 2. The third-order valence-corrected chi connectivity index (χ3v) is 9.26. The van der Waals surface area contributed by atoms with Gasteiger partial charge in [-0.15, -0.1) is 0 Å². The number of nitrogens with one attached hydrogen (secondary N) is 1. The number of methoxy groups -OCH3 is 1. The Morgan fingerprint density at radius 1 is 1.15 bits per heavy atom. The average molecular weight is 650 g/mol. The van der Waals surface area contributed by atoms with E-state index in [4.69, 9.17) is 25.9 Å². The van der Waals surface area contributed by atoms with Crippen LogP contribution in [0.2, 0.25) is 0 Å². The topological polar surface area (TPSA) is 159 Å². The highest BCUT2D eigenvalue weighted by Gasteiger charge is 2.51. The molecule has 1 aromatic heterocycles. The fourth-order valence-corrected chi connectivity index (χ4v) is 5.87. The molecule has 0 unspecified atom stereocenters. The smallest absolute Gasteiger partial charge is 0.416 e. The minimum Gasteiger partial charge on any atom is -0.495 e. The SMILES string of the molecule is COc1cc(C(=O)NC[C@](C=O)(c2cc3c(c(-c4ccc(C(F)(F)F)cc4)n2)OC[C@]3(C)C(N)=O)C2CC2)cc(C=NC2CC2)c1N. The fraction of sp³-hybridized carbons (Fsp3) is 0.382. The summed E-state index contributed by atoms with van der Waals surface area (Å²) in [4.78, 5) is 48.6. The van der Waals surface area contributed by atoms with E-state index < -0.39 is 34.4 Å². The van der Waals surface area contributed by atoms with E-state index in [2.05, 4.69) is 10.3 Å². The van der Waals surface area contributed by atoms with Crippen LogP contribution in [0.25, 0.3) is 11.3 Å². The van der Waals surface area contributed by atoms with Gasteiger partial charge in [0.2, 0.25) is 5.91 Å². The molecule has 3 aliphatic rings. The fourth-order valence-electron chi connectivity index (χ4n) is 5.87. The maximum atomic E-state index is 13.6. The number of nitrogen functional groups attached to an aromatic ring is 1. The number of fused-ring (bicyclic) bond motifs is 1. The van der Waals surface area contributed by atoms with Crippen LogP contribution < -0.4 is 26.3 Å². The van der Waals surface area contributed by atoms with E-state index >= 15 is 0 Å². The Balaban J connectivity index is 1.40. The minimum atomic E-state index is -4.55. The van der Waals surface area contributed by atoms with Crippen LogP contribution in [0.5, 0.6) is 11.5 Å². The second kappa shape index (κ2) is 11.7. The molecule has 2 aromatic carbocycles. The first-order valence-corrected chi connectivity index (χ1v) is 15.2. The highest BCUT2D eigenvalue weighted by Crippen LogP contribution is 2.50. The van der Waals surface area contributed by atoms with Gasteiger partial charge in [0, 0.05) is 35.0 Å². The van der Waals surface area contributed by atoms with Gasteiger partial charge in [0.25, 0.3) is 5.91 Å². The van der Waals surface area contributed by atoms with Crippen LogP contribution in [-0.4, -0.2) is 55.6 Å². The Morgan fingerprint density at radius 2 is 1.85 bits per heavy atom. The van der Waals surface area contributed by atoms with Crippen molar-refractivity contribution in [2.45, 2.75) is 55.7 Å². The summed E-state index contributed by atoms with van der Waals surface area (Å²) in [5.41, 5.74) is 10.7. The average Bonchev–Trinajstić information content (AvgIpc) is 3.99. The molecule has 6 rings (SSSR count). The van der Waals surface area contributed by atoms with E-state index in [1.165, 1.54) is 25.3 Å². The predicted octanol–water partition coefficient (Wildman–Crippen LogP) is 4.35. The second-order valence-corrected chi connectivity index (χ2v) is 12.6. The number of anilines is 1. The van der Waals surface area contributed by atoms with Gasteiger partial charge in [-0.2, -0.15) is 13.2 Å². The highest BCUT2D eigenvalue weighted by atomic mass is 19.4. The van der Waals surface area contributed by atoms with Gasteiger partial charge in [0.1, 0.15) is 35.5 Å². The number of hydrogen-bond acceptors (Lipinski definition) is 8. The number of hydrogen-bond donors (Lipinski definition) is 3. The van der Waals surface area contributed by atoms with Crippen molar-refractivity contribution in [1.29, 1.82) is 0 Å². The molecule has 0 bridgehead atoms. The first-order chi connectivity index (χ1) is 22.3. The van der Waals surface area contributed by atoms with Crippen LogP contribution in [0.3, 0.4) is 0 Å². The summed E-state index contributed by atoms with van der Waals surface area (Å²) in [6, 6.07) is 9.32. The number of nitrogens with zero attached hydrogens (tertiary/aromatic N) is 2. The van der Waals surface area contributed by atoms with Gasteiger partial charge in [0.05, 0.1) is 35.5 Å². The molecule has 2 atom stereocenters. The van der Waals surface area contributed by atoms with Crippen molar-refractivity contribution in [1.82, 2.24) is 10.3 Å². The maximum Gasteiger partial charge on any atom is 0.416 e. The molecule has 2 fully saturated rings. The van der Waals surface area contributed by atoms with Crippen LogP contribution in [0, 0.1) is 5.92 Å². The lowest BCUT2D eigenvalue weighted by molar-refractivity contribution is -0.137. The zero-order valence-electron chi connectivity index (χ0n) is 25.8. The van der Waals surface area contributed by atoms with Crippen LogP contribution >= 0.6 is 0 Å². The van der Waals surface area contributed by atoms with Crippen molar-refractivity contribution in [3.63, 3.8) is 0 Å². The van der Waals surface area contributed by atoms with Gasteiger partial charge in [0.15, 0.2) is 0 Å². The lowest BCUT2D eigenvalue weighted by Gasteiger charge is -2.30. The quantitative estimate of drug-likeness (QED) is 0.158.